The van der Waals surface area contributed by atoms with Crippen LogP contribution in [0.4, 0.5) is 0 Å². The van der Waals surface area contributed by atoms with Crippen molar-refractivity contribution in [2.75, 3.05) is 0 Å². The van der Waals surface area contributed by atoms with Crippen LogP contribution in [-0.4, -0.2) is 19.9 Å². The molecule has 3 heterocycles. The summed E-state index contributed by atoms with van der Waals surface area (Å²) >= 11 is 0. The second kappa shape index (κ2) is 5.33. The van der Waals surface area contributed by atoms with Gasteiger partial charge in [-0.05, 0) is 60.2 Å². The van der Waals surface area contributed by atoms with Gasteiger partial charge < -0.3 is 14.7 Å². The Morgan fingerprint density at radius 2 is 1.93 bits per heavy atom. The number of hydrogen-bond acceptors (Lipinski definition) is 3. The van der Waals surface area contributed by atoms with Crippen LogP contribution in [0.2, 0.25) is 0 Å². The number of ether oxygens (including phenoxy) is 1. The van der Waals surface area contributed by atoms with Crippen LogP contribution in [-0.2, 0) is 19.4 Å². The summed E-state index contributed by atoms with van der Waals surface area (Å²) in [6.45, 7) is 2.55. The summed E-state index contributed by atoms with van der Waals surface area (Å²) in [7, 11) is 0. The zero-order valence-electron chi connectivity index (χ0n) is 15.0. The Balaban J connectivity index is 1.48. The Bertz CT molecular complexity index is 1200. The minimum atomic E-state index is 0.579. The molecule has 6 rings (SSSR count). The first-order chi connectivity index (χ1) is 13.3. The molecular formula is C22H18N4O. The number of aryl methyl sites for hydroxylation is 3. The van der Waals surface area contributed by atoms with Crippen LogP contribution in [0.1, 0.15) is 22.6 Å². The van der Waals surface area contributed by atoms with Crippen LogP contribution in [0.3, 0.4) is 0 Å². The fraction of sp³-hybridized carbons (Fsp3) is 0.182. The SMILES string of the molecule is Cc1ncc(-c2ccc3c(c2)COc2cc4c(cc2-3)CCc2[nH]cnc2-4)[nH]1. The van der Waals surface area contributed by atoms with Crippen LogP contribution in [0.25, 0.3) is 33.6 Å². The van der Waals surface area contributed by atoms with Crippen LogP contribution < -0.4 is 4.74 Å². The van der Waals surface area contributed by atoms with Gasteiger partial charge in [0.15, 0.2) is 0 Å². The van der Waals surface area contributed by atoms with Gasteiger partial charge in [-0.1, -0.05) is 12.1 Å². The van der Waals surface area contributed by atoms with Gasteiger partial charge in [0.05, 0.1) is 23.9 Å². The summed E-state index contributed by atoms with van der Waals surface area (Å²) < 4.78 is 6.14. The smallest absolute Gasteiger partial charge is 0.128 e. The Labute approximate surface area is 156 Å². The van der Waals surface area contributed by atoms with Gasteiger partial charge in [0.1, 0.15) is 18.2 Å². The molecule has 2 aromatic heterocycles. The van der Waals surface area contributed by atoms with E-state index in [2.05, 4.69) is 50.3 Å². The average Bonchev–Trinajstić information content (AvgIpc) is 3.35. The zero-order valence-corrected chi connectivity index (χ0v) is 15.0. The molecule has 132 valence electrons. The molecule has 0 bridgehead atoms. The first-order valence-electron chi connectivity index (χ1n) is 9.24. The number of aromatic nitrogens is 4. The number of nitrogens with one attached hydrogen (secondary N) is 2. The van der Waals surface area contributed by atoms with Gasteiger partial charge in [-0.25, -0.2) is 9.97 Å². The molecule has 2 aliphatic rings. The number of imidazole rings is 2. The van der Waals surface area contributed by atoms with Gasteiger partial charge in [-0.15, -0.1) is 0 Å². The molecule has 5 nitrogen and oxygen atoms in total. The van der Waals surface area contributed by atoms with E-state index in [1.54, 1.807) is 6.33 Å². The maximum atomic E-state index is 6.14. The normalized spacial score (nSPS) is 14.0. The van der Waals surface area contributed by atoms with E-state index >= 15 is 0 Å². The van der Waals surface area contributed by atoms with E-state index in [1.807, 2.05) is 13.1 Å². The molecule has 0 radical (unpaired) electrons. The first-order valence-corrected chi connectivity index (χ1v) is 9.24. The third-order valence-electron chi connectivity index (χ3n) is 5.62. The summed E-state index contributed by atoms with van der Waals surface area (Å²) in [5.41, 5.74) is 10.7. The molecule has 1 aliphatic heterocycles. The quantitative estimate of drug-likeness (QED) is 0.531. The molecule has 0 saturated carbocycles. The standard InChI is InChI=1S/C22H18N4O/c1-12-23-9-20(26-12)14-2-4-16-15(6-14)10-27-21-8-17-13(7-18(16)21)3-5-19-22(17)25-11-24-19/h2,4,6-9,11H,3,5,10H2,1H3,(H,23,26)(H,24,25). The number of rotatable bonds is 1. The van der Waals surface area contributed by atoms with E-state index in [1.165, 1.54) is 33.5 Å². The number of aromatic amines is 2. The van der Waals surface area contributed by atoms with Crippen molar-refractivity contribution in [3.63, 3.8) is 0 Å². The van der Waals surface area contributed by atoms with Gasteiger partial charge in [0.25, 0.3) is 0 Å². The highest BCUT2D eigenvalue weighted by atomic mass is 16.5. The monoisotopic (exact) mass is 354 g/mol. The van der Waals surface area contributed by atoms with E-state index in [9.17, 15) is 0 Å². The zero-order chi connectivity index (χ0) is 18.0. The van der Waals surface area contributed by atoms with E-state index in [0.717, 1.165) is 41.4 Å². The number of fused-ring (bicyclic) bond motifs is 6. The Morgan fingerprint density at radius 1 is 0.963 bits per heavy atom. The summed E-state index contributed by atoms with van der Waals surface area (Å²) in [5, 5.41) is 0. The number of benzene rings is 2. The van der Waals surface area contributed by atoms with Gasteiger partial charge >= 0.3 is 0 Å². The van der Waals surface area contributed by atoms with Crippen LogP contribution >= 0.6 is 0 Å². The average molecular weight is 354 g/mol. The highest BCUT2D eigenvalue weighted by Crippen LogP contribution is 2.44. The molecule has 0 amide bonds. The lowest BCUT2D eigenvalue weighted by atomic mass is 9.86. The molecular weight excluding hydrogens is 336 g/mol. The lowest BCUT2D eigenvalue weighted by Crippen LogP contribution is -2.09. The number of H-pyrrole nitrogens is 2. The van der Waals surface area contributed by atoms with Crippen molar-refractivity contribution in [1.29, 1.82) is 0 Å². The molecule has 0 fully saturated rings. The van der Waals surface area contributed by atoms with E-state index in [4.69, 9.17) is 4.74 Å². The third kappa shape index (κ3) is 2.18. The second-order valence-electron chi connectivity index (χ2n) is 7.28. The number of hydrogen-bond donors (Lipinski definition) is 2. The van der Waals surface area contributed by atoms with E-state index < -0.39 is 0 Å². The van der Waals surface area contributed by atoms with Crippen LogP contribution in [0.5, 0.6) is 5.75 Å². The van der Waals surface area contributed by atoms with E-state index in [-0.39, 0.29) is 0 Å². The molecule has 2 aromatic carbocycles. The van der Waals surface area contributed by atoms with E-state index in [0.29, 0.717) is 6.61 Å². The molecule has 2 N–H and O–H groups in total. The minimum absolute atomic E-state index is 0.579. The Kier molecular flexibility index (Phi) is 2.92. The molecule has 0 spiro atoms. The molecule has 4 aromatic rings. The van der Waals surface area contributed by atoms with Crippen molar-refractivity contribution in [1.82, 2.24) is 19.9 Å². The highest BCUT2D eigenvalue weighted by molar-refractivity contribution is 5.83. The van der Waals surface area contributed by atoms with Crippen molar-refractivity contribution in [2.45, 2.75) is 26.4 Å². The minimum Gasteiger partial charge on any atom is -0.488 e. The molecule has 0 saturated heterocycles. The third-order valence-corrected chi connectivity index (χ3v) is 5.62. The topological polar surface area (TPSA) is 66.6 Å². The fourth-order valence-corrected chi connectivity index (χ4v) is 4.25. The predicted octanol–water partition coefficient (Wildman–Crippen LogP) is 4.43. The van der Waals surface area contributed by atoms with Gasteiger partial charge in [-0.2, -0.15) is 0 Å². The van der Waals surface area contributed by atoms with Crippen molar-refractivity contribution in [3.8, 4) is 39.4 Å². The second-order valence-corrected chi connectivity index (χ2v) is 7.28. The number of nitrogens with zero attached hydrogens (tertiary/aromatic N) is 2. The lowest BCUT2D eigenvalue weighted by molar-refractivity contribution is 0.302. The van der Waals surface area contributed by atoms with Crippen LogP contribution in [0, 0.1) is 6.92 Å². The summed E-state index contributed by atoms with van der Waals surface area (Å²) in [5.74, 6) is 1.87. The van der Waals surface area contributed by atoms with Gasteiger partial charge in [-0.3, -0.25) is 0 Å². The molecule has 0 unspecified atom stereocenters. The predicted molar refractivity (Wildman–Crippen MR) is 104 cm³/mol. The van der Waals surface area contributed by atoms with Gasteiger partial charge in [0, 0.05) is 16.8 Å². The molecule has 1 aliphatic carbocycles. The molecule has 0 atom stereocenters. The van der Waals surface area contributed by atoms with Gasteiger partial charge in [0.2, 0.25) is 0 Å². The summed E-state index contributed by atoms with van der Waals surface area (Å²) in [6.07, 6.45) is 5.70. The summed E-state index contributed by atoms with van der Waals surface area (Å²) in [6, 6.07) is 11.0. The van der Waals surface area contributed by atoms with Crippen molar-refractivity contribution >= 4 is 0 Å². The fourth-order valence-electron chi connectivity index (χ4n) is 4.25. The maximum Gasteiger partial charge on any atom is 0.128 e. The largest absolute Gasteiger partial charge is 0.488 e. The summed E-state index contributed by atoms with van der Waals surface area (Å²) in [4.78, 5) is 15.4. The first kappa shape index (κ1) is 14.8. The Hall–Kier alpha value is -3.34. The van der Waals surface area contributed by atoms with Crippen molar-refractivity contribution in [2.24, 2.45) is 0 Å². The molecule has 27 heavy (non-hydrogen) atoms. The highest BCUT2D eigenvalue weighted by Gasteiger charge is 2.25. The molecule has 5 heteroatoms. The lowest BCUT2D eigenvalue weighted by Gasteiger charge is -2.25. The maximum absolute atomic E-state index is 6.14. The van der Waals surface area contributed by atoms with Crippen molar-refractivity contribution < 1.29 is 4.74 Å². The van der Waals surface area contributed by atoms with Crippen molar-refractivity contribution in [3.05, 3.63) is 65.5 Å². The Morgan fingerprint density at radius 3 is 2.81 bits per heavy atom. The van der Waals surface area contributed by atoms with Crippen LogP contribution in [0.15, 0.2) is 42.9 Å².